The molecule has 31 heavy (non-hydrogen) atoms. The zero-order valence-electron chi connectivity index (χ0n) is 17.1. The summed E-state index contributed by atoms with van der Waals surface area (Å²) in [5.74, 6) is -1.03. The Labute approximate surface area is 177 Å². The lowest BCUT2D eigenvalue weighted by atomic mass is 10.1. The fourth-order valence-corrected chi connectivity index (χ4v) is 2.83. The highest BCUT2D eigenvalue weighted by atomic mass is 16.6. The fourth-order valence-electron chi connectivity index (χ4n) is 2.83. The third kappa shape index (κ3) is 6.92. The zero-order valence-corrected chi connectivity index (χ0v) is 17.1. The minimum absolute atomic E-state index is 0.0177. The van der Waals surface area contributed by atoms with Crippen molar-refractivity contribution in [1.29, 1.82) is 0 Å². The number of nitrogens with one attached hydrogen (secondary N) is 3. The summed E-state index contributed by atoms with van der Waals surface area (Å²) in [6, 6.07) is 8.67. The molecule has 2 aromatic carbocycles. The number of carbonyl (C=O) groups excluding carboxylic acids is 2. The zero-order chi connectivity index (χ0) is 23.1. The first kappa shape index (κ1) is 23.0. The van der Waals surface area contributed by atoms with E-state index >= 15 is 0 Å². The van der Waals surface area contributed by atoms with E-state index in [1.54, 1.807) is 6.92 Å². The standard InChI is InChI=1S/C20H21N5O6/c1-12-6-13(2)8-16(7-12)21-19(26)9-14(3)22-23-20(27)10-15-4-5-17(24(28)29)11-18(15)25(30)31/h4-9,11,22H,10H2,1-3H3,(H,21,26)(H,23,27). The van der Waals surface area contributed by atoms with Crippen molar-refractivity contribution in [1.82, 2.24) is 10.9 Å². The van der Waals surface area contributed by atoms with E-state index in [1.807, 2.05) is 32.0 Å². The molecule has 2 amide bonds. The van der Waals surface area contributed by atoms with E-state index in [9.17, 15) is 29.8 Å². The van der Waals surface area contributed by atoms with Crippen molar-refractivity contribution in [3.8, 4) is 0 Å². The molecule has 0 saturated carbocycles. The maximum absolute atomic E-state index is 12.1. The van der Waals surface area contributed by atoms with Gasteiger partial charge in [-0.15, -0.1) is 0 Å². The van der Waals surface area contributed by atoms with Gasteiger partial charge in [0.05, 0.1) is 22.3 Å². The van der Waals surface area contributed by atoms with Crippen molar-refractivity contribution in [3.63, 3.8) is 0 Å². The van der Waals surface area contributed by atoms with E-state index in [0.29, 0.717) is 11.4 Å². The molecule has 0 unspecified atom stereocenters. The van der Waals surface area contributed by atoms with E-state index in [2.05, 4.69) is 16.2 Å². The van der Waals surface area contributed by atoms with Crippen molar-refractivity contribution in [2.24, 2.45) is 0 Å². The number of hydrogen-bond acceptors (Lipinski definition) is 7. The minimum atomic E-state index is -0.786. The number of aryl methyl sites for hydroxylation is 2. The number of nitrogens with zero attached hydrogens (tertiary/aromatic N) is 2. The van der Waals surface area contributed by atoms with Gasteiger partial charge in [-0.2, -0.15) is 0 Å². The Balaban J connectivity index is 1.96. The molecule has 0 spiro atoms. The quantitative estimate of drug-likeness (QED) is 0.332. The molecule has 2 aromatic rings. The van der Waals surface area contributed by atoms with Gasteiger partial charge in [-0.1, -0.05) is 6.07 Å². The first-order valence-electron chi connectivity index (χ1n) is 9.09. The second-order valence-corrected chi connectivity index (χ2v) is 6.87. The Morgan fingerprint density at radius 2 is 1.61 bits per heavy atom. The van der Waals surface area contributed by atoms with Crippen LogP contribution in [-0.2, 0) is 16.0 Å². The summed E-state index contributed by atoms with van der Waals surface area (Å²) in [6.07, 6.45) is 0.857. The molecular formula is C20H21N5O6. The molecule has 0 fully saturated rings. The van der Waals surface area contributed by atoms with Gasteiger partial charge in [0, 0.05) is 29.1 Å². The lowest BCUT2D eigenvalue weighted by Gasteiger charge is -2.10. The molecule has 0 bridgehead atoms. The summed E-state index contributed by atoms with van der Waals surface area (Å²) in [4.78, 5) is 44.6. The van der Waals surface area contributed by atoms with Crippen LogP contribution in [0, 0.1) is 34.1 Å². The van der Waals surface area contributed by atoms with Gasteiger partial charge in [0.1, 0.15) is 0 Å². The molecule has 0 aromatic heterocycles. The number of non-ortho nitro benzene ring substituents is 1. The molecule has 0 atom stereocenters. The monoisotopic (exact) mass is 427 g/mol. The molecule has 0 aliphatic rings. The summed E-state index contributed by atoms with van der Waals surface area (Å²) in [5.41, 5.74) is 6.89. The van der Waals surface area contributed by atoms with Crippen LogP contribution in [0.4, 0.5) is 17.1 Å². The van der Waals surface area contributed by atoms with Gasteiger partial charge in [-0.25, -0.2) is 0 Å². The Morgan fingerprint density at radius 3 is 2.19 bits per heavy atom. The topological polar surface area (TPSA) is 157 Å². The highest BCUT2D eigenvalue weighted by Gasteiger charge is 2.21. The van der Waals surface area contributed by atoms with E-state index < -0.39 is 33.0 Å². The van der Waals surface area contributed by atoms with Crippen LogP contribution < -0.4 is 16.2 Å². The van der Waals surface area contributed by atoms with E-state index in [1.165, 1.54) is 6.08 Å². The van der Waals surface area contributed by atoms with Gasteiger partial charge < -0.3 is 10.7 Å². The van der Waals surface area contributed by atoms with Crippen LogP contribution >= 0.6 is 0 Å². The summed E-state index contributed by atoms with van der Waals surface area (Å²) in [6.45, 7) is 5.38. The fraction of sp³-hybridized carbons (Fsp3) is 0.200. The van der Waals surface area contributed by atoms with Crippen LogP contribution in [0.25, 0.3) is 0 Å². The normalized spacial score (nSPS) is 10.9. The third-order valence-corrected chi connectivity index (χ3v) is 4.06. The number of benzene rings is 2. The summed E-state index contributed by atoms with van der Waals surface area (Å²) in [7, 11) is 0. The minimum Gasteiger partial charge on any atom is -0.322 e. The third-order valence-electron chi connectivity index (χ3n) is 4.06. The molecule has 11 nitrogen and oxygen atoms in total. The predicted molar refractivity (Wildman–Crippen MR) is 113 cm³/mol. The van der Waals surface area contributed by atoms with Crippen LogP contribution in [-0.4, -0.2) is 21.7 Å². The van der Waals surface area contributed by atoms with Gasteiger partial charge in [0.15, 0.2) is 0 Å². The number of hydrazine groups is 1. The van der Waals surface area contributed by atoms with E-state index in [4.69, 9.17) is 0 Å². The number of hydrogen-bond donors (Lipinski definition) is 3. The SMILES string of the molecule is CC(=CC(=O)Nc1cc(C)cc(C)c1)NNC(=O)Cc1ccc([N+](=O)[O-])cc1[N+](=O)[O-]. The van der Waals surface area contributed by atoms with Crippen LogP contribution in [0.5, 0.6) is 0 Å². The first-order chi connectivity index (χ1) is 14.5. The van der Waals surface area contributed by atoms with Crippen molar-refractivity contribution in [3.05, 3.63) is 85.1 Å². The smallest absolute Gasteiger partial charge is 0.279 e. The largest absolute Gasteiger partial charge is 0.322 e. The van der Waals surface area contributed by atoms with E-state index in [-0.39, 0.29) is 12.0 Å². The average Bonchev–Trinajstić information content (AvgIpc) is 2.65. The molecule has 0 radical (unpaired) electrons. The Hall–Kier alpha value is -4.28. The molecule has 0 heterocycles. The van der Waals surface area contributed by atoms with Crippen LogP contribution in [0.3, 0.4) is 0 Å². The lowest BCUT2D eigenvalue weighted by Crippen LogP contribution is -2.37. The van der Waals surface area contributed by atoms with Gasteiger partial charge in [0.2, 0.25) is 11.8 Å². The lowest BCUT2D eigenvalue weighted by molar-refractivity contribution is -0.394. The van der Waals surface area contributed by atoms with Crippen molar-refractivity contribution in [2.75, 3.05) is 5.32 Å². The van der Waals surface area contributed by atoms with Gasteiger partial charge >= 0.3 is 0 Å². The van der Waals surface area contributed by atoms with Crippen molar-refractivity contribution >= 4 is 28.9 Å². The molecule has 0 aliphatic heterocycles. The number of carbonyl (C=O) groups is 2. The van der Waals surface area contributed by atoms with Crippen LogP contribution in [0.1, 0.15) is 23.6 Å². The van der Waals surface area contributed by atoms with Crippen LogP contribution in [0.15, 0.2) is 48.2 Å². The Morgan fingerprint density at radius 1 is 0.968 bits per heavy atom. The molecule has 2 rings (SSSR count). The Kier molecular flexibility index (Phi) is 7.39. The van der Waals surface area contributed by atoms with Crippen molar-refractivity contribution in [2.45, 2.75) is 27.2 Å². The highest BCUT2D eigenvalue weighted by Crippen LogP contribution is 2.25. The van der Waals surface area contributed by atoms with Gasteiger partial charge in [-0.05, 0) is 50.1 Å². The maximum atomic E-state index is 12.1. The Bertz CT molecular complexity index is 1060. The molecular weight excluding hydrogens is 406 g/mol. The number of amides is 2. The second-order valence-electron chi connectivity index (χ2n) is 6.87. The average molecular weight is 427 g/mol. The highest BCUT2D eigenvalue weighted by molar-refractivity contribution is 5.99. The summed E-state index contributed by atoms with van der Waals surface area (Å²) >= 11 is 0. The van der Waals surface area contributed by atoms with Crippen LogP contribution in [0.2, 0.25) is 0 Å². The number of nitro benzene ring substituents is 2. The molecule has 3 N–H and O–H groups in total. The molecule has 0 aliphatic carbocycles. The second kappa shape index (κ2) is 9.96. The predicted octanol–water partition coefficient (Wildman–Crippen LogP) is 2.83. The number of allylic oxidation sites excluding steroid dienone is 1. The van der Waals surface area contributed by atoms with Gasteiger partial charge in [0.25, 0.3) is 11.4 Å². The summed E-state index contributed by atoms with van der Waals surface area (Å²) in [5, 5.41) is 24.6. The first-order valence-corrected chi connectivity index (χ1v) is 9.09. The van der Waals surface area contributed by atoms with Gasteiger partial charge in [-0.3, -0.25) is 35.2 Å². The molecule has 0 saturated heterocycles. The number of anilines is 1. The van der Waals surface area contributed by atoms with E-state index in [0.717, 1.165) is 29.3 Å². The molecule has 162 valence electrons. The molecule has 11 heteroatoms. The van der Waals surface area contributed by atoms with Crippen molar-refractivity contribution < 1.29 is 19.4 Å². The maximum Gasteiger partial charge on any atom is 0.279 e. The summed E-state index contributed by atoms with van der Waals surface area (Å²) < 4.78 is 0. The number of rotatable bonds is 8. The number of nitro groups is 2.